The number of carbonyl (C=O) groups excluding carboxylic acids is 1. The summed E-state index contributed by atoms with van der Waals surface area (Å²) in [4.78, 5) is 12.0. The van der Waals surface area contributed by atoms with Crippen molar-refractivity contribution in [2.45, 2.75) is 71.6 Å². The highest BCUT2D eigenvalue weighted by Crippen LogP contribution is 2.26. The Morgan fingerprint density at radius 2 is 1.85 bits per heavy atom. The molecule has 0 unspecified atom stereocenters. The van der Waals surface area contributed by atoms with Crippen LogP contribution < -0.4 is 10.1 Å². The number of rotatable bonds is 13. The van der Waals surface area contributed by atoms with Gasteiger partial charge in [0.1, 0.15) is 0 Å². The Morgan fingerprint density at radius 1 is 1.15 bits per heavy atom. The van der Waals surface area contributed by atoms with Gasteiger partial charge in [0.15, 0.2) is 11.5 Å². The van der Waals surface area contributed by atoms with E-state index in [2.05, 4.69) is 12.2 Å². The largest absolute Gasteiger partial charge is 0.504 e. The minimum absolute atomic E-state index is 0.0313. The lowest BCUT2D eigenvalue weighted by molar-refractivity contribution is -0.116. The van der Waals surface area contributed by atoms with Gasteiger partial charge in [-0.1, -0.05) is 57.1 Å². The highest BCUT2D eigenvalue weighted by molar-refractivity contribution is 5.88. The lowest BCUT2D eigenvalue weighted by Gasteiger charge is -2.07. The van der Waals surface area contributed by atoms with Crippen molar-refractivity contribution in [2.75, 3.05) is 13.7 Å². The van der Waals surface area contributed by atoms with Gasteiger partial charge in [-0.15, -0.1) is 0 Å². The predicted octanol–water partition coefficient (Wildman–Crippen LogP) is 5.15. The molecular weight excluding hydrogens is 326 g/mol. The van der Waals surface area contributed by atoms with Crippen LogP contribution in [0, 0.1) is 0 Å². The number of carbonyl (C=O) groups is 1. The summed E-state index contributed by atoms with van der Waals surface area (Å²) in [6.07, 6.45) is 12.4. The standard InChI is InChI=1S/C22H35NO3/c1-4-5-6-7-8-9-10-11-18(2)16-22(25)23-15-14-19-12-13-20(24)21(17-19)26-3/h12-13,16-17,24H,4-11,14-15H2,1-3H3,(H,23,25). The van der Waals surface area contributed by atoms with Crippen molar-refractivity contribution in [3.63, 3.8) is 0 Å². The van der Waals surface area contributed by atoms with E-state index in [1.165, 1.54) is 45.6 Å². The summed E-state index contributed by atoms with van der Waals surface area (Å²) in [5, 5.41) is 12.5. The third-order valence-electron chi connectivity index (χ3n) is 4.51. The molecule has 0 atom stereocenters. The maximum absolute atomic E-state index is 12.0. The van der Waals surface area contributed by atoms with Crippen LogP contribution >= 0.6 is 0 Å². The third-order valence-corrected chi connectivity index (χ3v) is 4.51. The Labute approximate surface area is 158 Å². The lowest BCUT2D eigenvalue weighted by atomic mass is 10.1. The van der Waals surface area contributed by atoms with E-state index in [9.17, 15) is 9.90 Å². The van der Waals surface area contributed by atoms with Crippen molar-refractivity contribution in [3.8, 4) is 11.5 Å². The topological polar surface area (TPSA) is 58.6 Å². The van der Waals surface area contributed by atoms with E-state index in [1.54, 1.807) is 18.2 Å². The summed E-state index contributed by atoms with van der Waals surface area (Å²) in [6.45, 7) is 4.83. The van der Waals surface area contributed by atoms with Crippen molar-refractivity contribution in [1.29, 1.82) is 0 Å². The monoisotopic (exact) mass is 361 g/mol. The summed E-state index contributed by atoms with van der Waals surface area (Å²) in [6, 6.07) is 5.25. The van der Waals surface area contributed by atoms with E-state index >= 15 is 0 Å². The van der Waals surface area contributed by atoms with Crippen molar-refractivity contribution >= 4 is 5.91 Å². The number of nitrogens with one attached hydrogen (secondary N) is 1. The molecule has 0 aliphatic carbocycles. The fraction of sp³-hybridized carbons (Fsp3) is 0.591. The van der Waals surface area contributed by atoms with Crippen LogP contribution in [-0.4, -0.2) is 24.7 Å². The number of amides is 1. The first-order valence-corrected chi connectivity index (χ1v) is 9.87. The quantitative estimate of drug-likeness (QED) is 0.377. The van der Waals surface area contributed by atoms with Crippen molar-refractivity contribution in [2.24, 2.45) is 0 Å². The van der Waals surface area contributed by atoms with Gasteiger partial charge in [0.05, 0.1) is 7.11 Å². The van der Waals surface area contributed by atoms with Crippen molar-refractivity contribution < 1.29 is 14.6 Å². The van der Waals surface area contributed by atoms with Crippen LogP contribution in [-0.2, 0) is 11.2 Å². The SMILES string of the molecule is CCCCCCCCCC(C)=CC(=O)NCCc1ccc(O)c(OC)c1. The molecule has 2 N–H and O–H groups in total. The maximum atomic E-state index is 12.0. The molecule has 0 saturated heterocycles. The number of phenols is 1. The number of hydrogen-bond donors (Lipinski definition) is 2. The van der Waals surface area contributed by atoms with Gasteiger partial charge in [0, 0.05) is 12.6 Å². The average Bonchev–Trinajstić information content (AvgIpc) is 2.62. The van der Waals surface area contributed by atoms with Gasteiger partial charge in [0.25, 0.3) is 0 Å². The number of ether oxygens (including phenoxy) is 1. The van der Waals surface area contributed by atoms with Crippen LogP contribution in [0.1, 0.15) is 70.8 Å². The highest BCUT2D eigenvalue weighted by atomic mass is 16.5. The molecule has 1 aromatic rings. The number of aromatic hydroxyl groups is 1. The van der Waals surface area contributed by atoms with Gasteiger partial charge in [-0.2, -0.15) is 0 Å². The second kappa shape index (κ2) is 13.3. The number of methoxy groups -OCH3 is 1. The molecule has 0 aliphatic heterocycles. The third kappa shape index (κ3) is 9.50. The predicted molar refractivity (Wildman–Crippen MR) is 108 cm³/mol. The summed E-state index contributed by atoms with van der Waals surface area (Å²) in [7, 11) is 1.53. The smallest absolute Gasteiger partial charge is 0.243 e. The Morgan fingerprint density at radius 3 is 2.54 bits per heavy atom. The fourth-order valence-electron chi connectivity index (χ4n) is 2.92. The molecule has 1 rings (SSSR count). The molecule has 0 aromatic heterocycles. The van der Waals surface area contributed by atoms with Crippen LogP contribution in [0.25, 0.3) is 0 Å². The van der Waals surface area contributed by atoms with E-state index in [0.717, 1.165) is 24.0 Å². The second-order valence-electron chi connectivity index (χ2n) is 6.91. The summed E-state index contributed by atoms with van der Waals surface area (Å²) >= 11 is 0. The van der Waals surface area contributed by atoms with Crippen LogP contribution in [0.2, 0.25) is 0 Å². The molecule has 4 nitrogen and oxygen atoms in total. The molecule has 26 heavy (non-hydrogen) atoms. The van der Waals surface area contributed by atoms with E-state index < -0.39 is 0 Å². The van der Waals surface area contributed by atoms with Gasteiger partial charge in [-0.3, -0.25) is 4.79 Å². The molecule has 146 valence electrons. The van der Waals surface area contributed by atoms with Crippen LogP contribution in [0.5, 0.6) is 11.5 Å². The first-order chi connectivity index (χ1) is 12.6. The van der Waals surface area contributed by atoms with Crippen LogP contribution in [0.3, 0.4) is 0 Å². The molecule has 0 bridgehead atoms. The molecule has 0 saturated carbocycles. The molecule has 4 heteroatoms. The first-order valence-electron chi connectivity index (χ1n) is 9.87. The molecule has 1 amide bonds. The molecule has 1 aromatic carbocycles. The number of allylic oxidation sites excluding steroid dienone is 1. The van der Waals surface area contributed by atoms with Gasteiger partial charge >= 0.3 is 0 Å². The Bertz CT molecular complexity index is 567. The van der Waals surface area contributed by atoms with Crippen LogP contribution in [0.15, 0.2) is 29.8 Å². The molecular formula is C22H35NO3. The van der Waals surface area contributed by atoms with Gasteiger partial charge in [-0.05, 0) is 43.9 Å². The molecule has 0 radical (unpaired) electrons. The zero-order valence-corrected chi connectivity index (χ0v) is 16.6. The molecule has 0 spiro atoms. The van der Waals surface area contributed by atoms with Gasteiger partial charge in [0.2, 0.25) is 5.91 Å². The maximum Gasteiger partial charge on any atom is 0.243 e. The van der Waals surface area contributed by atoms with E-state index in [1.807, 2.05) is 13.0 Å². The normalized spacial score (nSPS) is 11.4. The van der Waals surface area contributed by atoms with E-state index in [4.69, 9.17) is 4.74 Å². The van der Waals surface area contributed by atoms with Crippen molar-refractivity contribution in [3.05, 3.63) is 35.4 Å². The number of phenolic OH excluding ortho intramolecular Hbond substituents is 1. The van der Waals surface area contributed by atoms with Gasteiger partial charge < -0.3 is 15.2 Å². The number of hydrogen-bond acceptors (Lipinski definition) is 3. The molecule has 0 aliphatic rings. The fourth-order valence-corrected chi connectivity index (χ4v) is 2.92. The van der Waals surface area contributed by atoms with Crippen molar-refractivity contribution in [1.82, 2.24) is 5.32 Å². The minimum atomic E-state index is -0.0313. The minimum Gasteiger partial charge on any atom is -0.504 e. The summed E-state index contributed by atoms with van der Waals surface area (Å²) < 4.78 is 5.09. The number of benzene rings is 1. The zero-order chi connectivity index (χ0) is 19.2. The van der Waals surface area contributed by atoms with E-state index in [-0.39, 0.29) is 11.7 Å². The second-order valence-corrected chi connectivity index (χ2v) is 6.91. The summed E-state index contributed by atoms with van der Waals surface area (Å²) in [5.41, 5.74) is 2.16. The summed E-state index contributed by atoms with van der Waals surface area (Å²) in [5.74, 6) is 0.555. The van der Waals surface area contributed by atoms with Crippen LogP contribution in [0.4, 0.5) is 0 Å². The Balaban J connectivity index is 2.21. The molecule has 0 fully saturated rings. The van der Waals surface area contributed by atoms with Gasteiger partial charge in [-0.25, -0.2) is 0 Å². The Hall–Kier alpha value is -1.97. The first kappa shape index (κ1) is 22.1. The number of unbranched alkanes of at least 4 members (excludes halogenated alkanes) is 6. The average molecular weight is 362 g/mol. The lowest BCUT2D eigenvalue weighted by Crippen LogP contribution is -2.23. The Kier molecular flexibility index (Phi) is 11.3. The molecule has 0 heterocycles. The van der Waals surface area contributed by atoms with E-state index in [0.29, 0.717) is 18.7 Å². The highest BCUT2D eigenvalue weighted by Gasteiger charge is 2.04. The zero-order valence-electron chi connectivity index (χ0n) is 16.6.